The molecule has 0 radical (unpaired) electrons. The molecule has 3 aliphatic rings. The Morgan fingerprint density at radius 2 is 1.86 bits per heavy atom. The second-order valence-corrected chi connectivity index (χ2v) is 9.95. The van der Waals surface area contributed by atoms with Gasteiger partial charge in [-0.25, -0.2) is 4.79 Å². The molecule has 162 valence electrons. The van der Waals surface area contributed by atoms with Crippen LogP contribution < -0.4 is 0 Å². The third kappa shape index (κ3) is 3.63. The van der Waals surface area contributed by atoms with Crippen molar-refractivity contribution in [1.29, 1.82) is 0 Å². The third-order valence-corrected chi connectivity index (χ3v) is 7.00. The van der Waals surface area contributed by atoms with Crippen LogP contribution in [-0.4, -0.2) is 51.8 Å². The van der Waals surface area contributed by atoms with Crippen LogP contribution in [0.1, 0.15) is 67.7 Å². The summed E-state index contributed by atoms with van der Waals surface area (Å²) < 4.78 is 17.0. The summed E-state index contributed by atoms with van der Waals surface area (Å²) in [7, 11) is 0. The van der Waals surface area contributed by atoms with Crippen molar-refractivity contribution in [3.05, 3.63) is 11.6 Å². The first-order valence-electron chi connectivity index (χ1n) is 10.2. The Hall–Kier alpha value is -1.73. The number of hydrogen-bond donors (Lipinski definition) is 1. The van der Waals surface area contributed by atoms with E-state index >= 15 is 0 Å². The maximum absolute atomic E-state index is 12.7. The second-order valence-electron chi connectivity index (χ2n) is 9.95. The van der Waals surface area contributed by atoms with E-state index in [4.69, 9.17) is 14.2 Å². The Morgan fingerprint density at radius 3 is 2.34 bits per heavy atom. The van der Waals surface area contributed by atoms with E-state index in [1.54, 1.807) is 40.7 Å². The number of hydrogen-bond acceptors (Lipinski definition) is 7. The van der Waals surface area contributed by atoms with E-state index in [-0.39, 0.29) is 18.3 Å². The zero-order chi connectivity index (χ0) is 22.0. The number of rotatable bonds is 4. The minimum atomic E-state index is -1.32. The van der Waals surface area contributed by atoms with Gasteiger partial charge in [-0.1, -0.05) is 13.0 Å². The number of carbonyl (C=O) groups excluding carboxylic acids is 3. The number of ketones is 1. The smallest absolute Gasteiger partial charge is 0.341 e. The third-order valence-electron chi connectivity index (χ3n) is 7.00. The van der Waals surface area contributed by atoms with E-state index in [1.165, 1.54) is 6.92 Å². The fraction of sp³-hybridized carbons (Fsp3) is 0.773. The normalized spacial score (nSPS) is 41.9. The van der Waals surface area contributed by atoms with Crippen molar-refractivity contribution in [1.82, 2.24) is 0 Å². The van der Waals surface area contributed by atoms with Crippen molar-refractivity contribution in [2.75, 3.05) is 0 Å². The average molecular weight is 408 g/mol. The minimum Gasteiger partial charge on any atom is -0.456 e. The summed E-state index contributed by atoms with van der Waals surface area (Å²) in [5.41, 5.74) is -3.62. The van der Waals surface area contributed by atoms with Crippen LogP contribution in [0.4, 0.5) is 0 Å². The van der Waals surface area contributed by atoms with Crippen LogP contribution in [0, 0.1) is 11.3 Å². The number of Topliss-reactive ketones (excluding diaryl/α,β-unsaturated/α-hetero) is 1. The van der Waals surface area contributed by atoms with E-state index < -0.39 is 46.2 Å². The van der Waals surface area contributed by atoms with Gasteiger partial charge in [-0.2, -0.15) is 0 Å². The summed E-state index contributed by atoms with van der Waals surface area (Å²) in [6.07, 6.45) is 2.15. The number of ether oxygens (including phenoxy) is 3. The van der Waals surface area contributed by atoms with Gasteiger partial charge >= 0.3 is 11.9 Å². The molecule has 7 heteroatoms. The van der Waals surface area contributed by atoms with Crippen molar-refractivity contribution in [2.45, 2.75) is 96.7 Å². The van der Waals surface area contributed by atoms with Crippen molar-refractivity contribution in [3.63, 3.8) is 0 Å². The molecule has 3 rings (SSSR count). The molecule has 0 spiro atoms. The fourth-order valence-electron chi connectivity index (χ4n) is 5.04. The molecule has 29 heavy (non-hydrogen) atoms. The molecule has 1 N–H and O–H groups in total. The molecule has 6 atom stereocenters. The molecule has 1 heterocycles. The van der Waals surface area contributed by atoms with Gasteiger partial charge in [0.1, 0.15) is 6.10 Å². The molecule has 2 aliphatic carbocycles. The lowest BCUT2D eigenvalue weighted by Crippen LogP contribution is -2.61. The Labute approximate surface area is 171 Å². The Morgan fingerprint density at radius 1 is 1.28 bits per heavy atom. The molecule has 1 aliphatic heterocycles. The second kappa shape index (κ2) is 6.64. The summed E-state index contributed by atoms with van der Waals surface area (Å²) in [6.45, 7) is 11.7. The SMILES string of the molecule is CC(=O)OC1(C)C(OC(=O)C2(C)OC2C)CCC2(C)CC(=O)C(C(C)(C)O)=CC21. The van der Waals surface area contributed by atoms with Crippen molar-refractivity contribution in [2.24, 2.45) is 11.3 Å². The van der Waals surface area contributed by atoms with Crippen molar-refractivity contribution < 1.29 is 33.7 Å². The molecule has 0 amide bonds. The molecule has 0 bridgehead atoms. The van der Waals surface area contributed by atoms with Crippen molar-refractivity contribution in [3.8, 4) is 0 Å². The van der Waals surface area contributed by atoms with Gasteiger partial charge in [0.25, 0.3) is 0 Å². The van der Waals surface area contributed by atoms with E-state index in [9.17, 15) is 19.5 Å². The van der Waals surface area contributed by atoms with Gasteiger partial charge in [0.05, 0.1) is 11.7 Å². The van der Waals surface area contributed by atoms with E-state index in [1.807, 2.05) is 6.92 Å². The maximum atomic E-state index is 12.7. The highest BCUT2D eigenvalue weighted by atomic mass is 16.7. The predicted octanol–water partition coefficient (Wildman–Crippen LogP) is 2.48. The highest BCUT2D eigenvalue weighted by Gasteiger charge is 2.62. The molecule has 0 aromatic carbocycles. The van der Waals surface area contributed by atoms with E-state index in [2.05, 4.69) is 0 Å². The molecule has 2 fully saturated rings. The van der Waals surface area contributed by atoms with Crippen molar-refractivity contribution >= 4 is 17.7 Å². The van der Waals surface area contributed by atoms with Gasteiger partial charge in [-0.3, -0.25) is 9.59 Å². The molecule has 1 saturated carbocycles. The molecular weight excluding hydrogens is 376 g/mol. The fourth-order valence-corrected chi connectivity index (χ4v) is 5.04. The largest absolute Gasteiger partial charge is 0.456 e. The first-order chi connectivity index (χ1) is 13.1. The van der Waals surface area contributed by atoms with Gasteiger partial charge in [0.15, 0.2) is 17.0 Å². The van der Waals surface area contributed by atoms with Crippen LogP contribution in [0.5, 0.6) is 0 Å². The number of carbonyl (C=O) groups is 3. The maximum Gasteiger partial charge on any atom is 0.341 e. The van der Waals surface area contributed by atoms with E-state index in [0.717, 1.165) is 0 Å². The number of epoxide rings is 1. The number of aliphatic hydroxyl groups is 1. The van der Waals surface area contributed by atoms with Gasteiger partial charge in [-0.15, -0.1) is 0 Å². The average Bonchev–Trinajstić information content (AvgIpc) is 3.16. The Kier molecular flexibility index (Phi) is 5.03. The summed E-state index contributed by atoms with van der Waals surface area (Å²) in [5.74, 6) is -1.47. The molecule has 0 aromatic heterocycles. The topological polar surface area (TPSA) is 102 Å². The van der Waals surface area contributed by atoms with Crippen LogP contribution in [0.15, 0.2) is 11.6 Å². The molecular formula is C22H32O7. The van der Waals surface area contributed by atoms with Gasteiger partial charge in [0.2, 0.25) is 0 Å². The molecule has 1 saturated heterocycles. The summed E-state index contributed by atoms with van der Waals surface area (Å²) in [5, 5.41) is 10.5. The lowest BCUT2D eigenvalue weighted by Gasteiger charge is -2.55. The van der Waals surface area contributed by atoms with Crippen LogP contribution in [0.25, 0.3) is 0 Å². The monoisotopic (exact) mass is 408 g/mol. The summed E-state index contributed by atoms with van der Waals surface area (Å²) in [4.78, 5) is 37.4. The molecule has 6 unspecified atom stereocenters. The standard InChI is InChI=1S/C22H32O7/c1-12-21(6,28-12)18(25)27-17-8-9-20(5)11-15(24)14(19(3,4)26)10-16(20)22(17,7)29-13(2)23/h10,12,16-17,26H,8-9,11H2,1-7H3. The quantitative estimate of drug-likeness (QED) is 0.563. The van der Waals surface area contributed by atoms with Crippen LogP contribution in [0.3, 0.4) is 0 Å². The first-order valence-corrected chi connectivity index (χ1v) is 10.2. The van der Waals surface area contributed by atoms with E-state index in [0.29, 0.717) is 18.4 Å². The van der Waals surface area contributed by atoms with Crippen LogP contribution in [0.2, 0.25) is 0 Å². The Balaban J connectivity index is 2.01. The lowest BCUT2D eigenvalue weighted by molar-refractivity contribution is -0.212. The zero-order valence-corrected chi connectivity index (χ0v) is 18.3. The summed E-state index contributed by atoms with van der Waals surface area (Å²) in [6, 6.07) is 0. The predicted molar refractivity (Wildman–Crippen MR) is 104 cm³/mol. The number of esters is 2. The first kappa shape index (κ1) is 22.0. The van der Waals surface area contributed by atoms with Crippen LogP contribution >= 0.6 is 0 Å². The van der Waals surface area contributed by atoms with Gasteiger partial charge in [-0.05, 0) is 52.9 Å². The highest BCUT2D eigenvalue weighted by Crippen LogP contribution is 2.55. The van der Waals surface area contributed by atoms with Gasteiger partial charge in [0, 0.05) is 24.8 Å². The molecule has 7 nitrogen and oxygen atoms in total. The van der Waals surface area contributed by atoms with Gasteiger partial charge < -0.3 is 19.3 Å². The number of fused-ring (bicyclic) bond motifs is 1. The highest BCUT2D eigenvalue weighted by molar-refractivity contribution is 5.98. The lowest BCUT2D eigenvalue weighted by atomic mass is 9.54. The minimum absolute atomic E-state index is 0.107. The zero-order valence-electron chi connectivity index (χ0n) is 18.3. The Bertz CT molecular complexity index is 779. The summed E-state index contributed by atoms with van der Waals surface area (Å²) >= 11 is 0. The van der Waals surface area contributed by atoms with Crippen LogP contribution in [-0.2, 0) is 28.6 Å². The molecule has 0 aromatic rings.